The maximum atomic E-state index is 13.4. The third-order valence-corrected chi connectivity index (χ3v) is 7.75. The molecule has 2 N–H and O–H groups in total. The fourth-order valence-corrected chi connectivity index (χ4v) is 5.04. The van der Waals surface area contributed by atoms with Crippen molar-refractivity contribution in [2.45, 2.75) is 63.0 Å². The first-order valence-electron chi connectivity index (χ1n) is 9.94. The fraction of sp³-hybridized carbons (Fsp3) is 0.619. The van der Waals surface area contributed by atoms with E-state index in [1.807, 2.05) is 37.8 Å². The molecule has 3 rings (SSSR count). The van der Waals surface area contributed by atoms with E-state index in [0.717, 1.165) is 18.4 Å². The third-order valence-electron chi connectivity index (χ3n) is 5.49. The summed E-state index contributed by atoms with van der Waals surface area (Å²) in [5.74, 6) is -0.104. The van der Waals surface area contributed by atoms with Crippen molar-refractivity contribution in [1.82, 2.24) is 4.90 Å². The maximum Gasteiger partial charge on any atom is 0.253 e. The number of benzene rings is 1. The largest absolute Gasteiger partial charge is 0.370 e. The van der Waals surface area contributed by atoms with Crippen molar-refractivity contribution in [2.75, 3.05) is 12.4 Å². The van der Waals surface area contributed by atoms with E-state index >= 15 is 0 Å². The Morgan fingerprint density at radius 1 is 1.31 bits per heavy atom. The SMILES string of the molecule is CC(C)(C)S(=O)CC(C1CC1)N1C(=O)C(CC(N)=O)OCC1c1ccc(Cl)cc1. The van der Waals surface area contributed by atoms with Crippen molar-refractivity contribution in [1.29, 1.82) is 0 Å². The minimum Gasteiger partial charge on any atom is -0.370 e. The van der Waals surface area contributed by atoms with Gasteiger partial charge in [0.15, 0.2) is 0 Å². The van der Waals surface area contributed by atoms with Gasteiger partial charge in [-0.25, -0.2) is 0 Å². The number of carbonyl (C=O) groups is 2. The molecule has 1 heterocycles. The quantitative estimate of drug-likeness (QED) is 0.705. The number of hydrogen-bond donors (Lipinski definition) is 1. The Labute approximate surface area is 179 Å². The van der Waals surface area contributed by atoms with E-state index in [1.165, 1.54) is 0 Å². The summed E-state index contributed by atoms with van der Waals surface area (Å²) in [5, 5.41) is 0.613. The van der Waals surface area contributed by atoms with Crippen molar-refractivity contribution in [3.63, 3.8) is 0 Å². The van der Waals surface area contributed by atoms with Gasteiger partial charge in [-0.1, -0.05) is 23.7 Å². The molecule has 0 bridgehead atoms. The summed E-state index contributed by atoms with van der Waals surface area (Å²) in [6.07, 6.45) is 0.970. The van der Waals surface area contributed by atoms with Crippen molar-refractivity contribution in [2.24, 2.45) is 11.7 Å². The van der Waals surface area contributed by atoms with E-state index in [2.05, 4.69) is 0 Å². The number of hydrogen-bond acceptors (Lipinski definition) is 4. The van der Waals surface area contributed by atoms with Crippen LogP contribution in [0.2, 0.25) is 5.02 Å². The molecule has 160 valence electrons. The zero-order valence-corrected chi connectivity index (χ0v) is 18.7. The van der Waals surface area contributed by atoms with Gasteiger partial charge in [0.2, 0.25) is 5.91 Å². The molecule has 1 aromatic carbocycles. The lowest BCUT2D eigenvalue weighted by Crippen LogP contribution is -2.57. The molecule has 1 saturated heterocycles. The molecule has 2 aliphatic rings. The van der Waals surface area contributed by atoms with Gasteiger partial charge in [0.05, 0.1) is 19.1 Å². The third kappa shape index (κ3) is 5.38. The van der Waals surface area contributed by atoms with Crippen LogP contribution >= 0.6 is 11.6 Å². The summed E-state index contributed by atoms with van der Waals surface area (Å²) in [6.45, 7) is 6.10. The van der Waals surface area contributed by atoms with Gasteiger partial charge in [0, 0.05) is 32.4 Å². The smallest absolute Gasteiger partial charge is 0.253 e. The average Bonchev–Trinajstić information content (AvgIpc) is 3.46. The average molecular weight is 441 g/mol. The number of halogens is 1. The Morgan fingerprint density at radius 3 is 2.45 bits per heavy atom. The minimum absolute atomic E-state index is 0.150. The van der Waals surface area contributed by atoms with E-state index < -0.39 is 22.8 Å². The normalized spacial score (nSPS) is 25.0. The van der Waals surface area contributed by atoms with Crippen LogP contribution in [0.3, 0.4) is 0 Å². The molecule has 2 amide bonds. The second kappa shape index (κ2) is 8.74. The Bertz CT molecular complexity index is 789. The fourth-order valence-electron chi connectivity index (χ4n) is 3.67. The molecule has 1 aromatic rings. The Balaban J connectivity index is 1.95. The molecular formula is C21H29ClN2O4S. The van der Waals surface area contributed by atoms with Crippen molar-refractivity contribution in [3.05, 3.63) is 34.9 Å². The van der Waals surface area contributed by atoms with E-state index in [-0.39, 0.29) is 35.8 Å². The highest BCUT2D eigenvalue weighted by Gasteiger charge is 2.47. The summed E-state index contributed by atoms with van der Waals surface area (Å²) >= 11 is 6.03. The van der Waals surface area contributed by atoms with Crippen LogP contribution in [0.5, 0.6) is 0 Å². The molecule has 1 saturated carbocycles. The predicted molar refractivity (Wildman–Crippen MR) is 114 cm³/mol. The van der Waals surface area contributed by atoms with E-state index in [0.29, 0.717) is 16.7 Å². The zero-order valence-electron chi connectivity index (χ0n) is 17.1. The van der Waals surface area contributed by atoms with E-state index in [4.69, 9.17) is 22.1 Å². The summed E-state index contributed by atoms with van der Waals surface area (Å²) in [5.41, 5.74) is 6.24. The zero-order chi connectivity index (χ0) is 21.3. The van der Waals surface area contributed by atoms with Gasteiger partial charge in [-0.2, -0.15) is 0 Å². The predicted octanol–water partition coefficient (Wildman–Crippen LogP) is 2.81. The molecule has 0 spiro atoms. The second-order valence-electron chi connectivity index (χ2n) is 8.83. The van der Waals surface area contributed by atoms with Crippen molar-refractivity contribution in [3.8, 4) is 0 Å². The van der Waals surface area contributed by atoms with Gasteiger partial charge >= 0.3 is 0 Å². The minimum atomic E-state index is -1.11. The van der Waals surface area contributed by atoms with E-state index in [9.17, 15) is 13.8 Å². The highest BCUT2D eigenvalue weighted by Crippen LogP contribution is 2.41. The molecule has 29 heavy (non-hydrogen) atoms. The van der Waals surface area contributed by atoms with Crippen LogP contribution in [0.4, 0.5) is 0 Å². The molecule has 0 aromatic heterocycles. The summed E-state index contributed by atoms with van der Waals surface area (Å²) in [7, 11) is -1.11. The Kier molecular flexibility index (Phi) is 6.70. The van der Waals surface area contributed by atoms with Crippen LogP contribution in [-0.2, 0) is 25.1 Å². The number of ether oxygens (including phenoxy) is 1. The number of primary amides is 1. The lowest BCUT2D eigenvalue weighted by molar-refractivity contribution is -0.166. The van der Waals surface area contributed by atoms with Crippen molar-refractivity contribution < 1.29 is 18.5 Å². The van der Waals surface area contributed by atoms with Crippen LogP contribution < -0.4 is 5.73 Å². The van der Waals surface area contributed by atoms with Gasteiger partial charge < -0.3 is 15.4 Å². The lowest BCUT2D eigenvalue weighted by atomic mass is 9.98. The number of amides is 2. The van der Waals surface area contributed by atoms with Gasteiger partial charge in [-0.3, -0.25) is 13.8 Å². The topological polar surface area (TPSA) is 89.7 Å². The number of morpholine rings is 1. The monoisotopic (exact) mass is 440 g/mol. The molecule has 2 fully saturated rings. The lowest BCUT2D eigenvalue weighted by Gasteiger charge is -2.44. The van der Waals surface area contributed by atoms with Crippen LogP contribution in [-0.4, -0.2) is 50.2 Å². The molecule has 6 nitrogen and oxygen atoms in total. The van der Waals surface area contributed by atoms with Crippen LogP contribution in [0.1, 0.15) is 51.6 Å². The Morgan fingerprint density at radius 2 is 1.93 bits per heavy atom. The first kappa shape index (κ1) is 22.2. The van der Waals surface area contributed by atoms with Gasteiger partial charge in [0.1, 0.15) is 6.10 Å². The number of nitrogens with two attached hydrogens (primary N) is 1. The highest BCUT2D eigenvalue weighted by atomic mass is 35.5. The van der Waals surface area contributed by atoms with Gasteiger partial charge in [-0.15, -0.1) is 0 Å². The molecule has 0 radical (unpaired) electrons. The molecular weight excluding hydrogens is 412 g/mol. The molecule has 1 aliphatic carbocycles. The number of carbonyl (C=O) groups excluding carboxylic acids is 2. The molecule has 4 unspecified atom stereocenters. The number of rotatable bonds is 7. The number of nitrogens with zero attached hydrogens (tertiary/aromatic N) is 1. The van der Waals surface area contributed by atoms with Crippen LogP contribution in [0.25, 0.3) is 0 Å². The molecule has 8 heteroatoms. The Hall–Kier alpha value is -1.44. The second-order valence-corrected chi connectivity index (χ2v) is 11.5. The summed E-state index contributed by atoms with van der Waals surface area (Å²) in [4.78, 5) is 26.6. The first-order chi connectivity index (χ1) is 13.6. The standard InChI is InChI=1S/C21H29ClN2O4S/c1-21(2,3)29(27)12-17(14-4-5-14)24-16(13-6-8-15(22)9-7-13)11-28-18(20(24)26)10-19(23)25/h6-9,14,16-18H,4-5,10-12H2,1-3H3,(H2,23,25). The first-order valence-corrected chi connectivity index (χ1v) is 11.6. The van der Waals surface area contributed by atoms with Crippen LogP contribution in [0, 0.1) is 5.92 Å². The van der Waals surface area contributed by atoms with E-state index in [1.54, 1.807) is 12.1 Å². The summed E-state index contributed by atoms with van der Waals surface area (Å²) < 4.78 is 18.3. The molecule has 1 aliphatic heterocycles. The highest BCUT2D eigenvalue weighted by molar-refractivity contribution is 7.86. The van der Waals surface area contributed by atoms with Gasteiger partial charge in [-0.05, 0) is 57.2 Å². The van der Waals surface area contributed by atoms with Gasteiger partial charge in [0.25, 0.3) is 5.91 Å². The van der Waals surface area contributed by atoms with Crippen LogP contribution in [0.15, 0.2) is 24.3 Å². The maximum absolute atomic E-state index is 13.4. The molecule has 4 atom stereocenters. The van der Waals surface area contributed by atoms with Crippen molar-refractivity contribution >= 4 is 34.2 Å². The summed E-state index contributed by atoms with van der Waals surface area (Å²) in [6, 6.07) is 6.86.